The highest BCUT2D eigenvalue weighted by molar-refractivity contribution is 7.47. The Labute approximate surface area is 283 Å². The number of amides is 1. The Morgan fingerprint density at radius 1 is 0.717 bits per heavy atom. The predicted octanol–water partition coefficient (Wildman–Crippen LogP) is 9.18. The van der Waals surface area contributed by atoms with Gasteiger partial charge in [-0.15, -0.1) is 0 Å². The number of allylic oxidation sites excluding steroid dienone is 5. The molecule has 270 valence electrons. The van der Waals surface area contributed by atoms with Crippen LogP contribution >= 0.6 is 7.82 Å². The van der Waals surface area contributed by atoms with Crippen molar-refractivity contribution in [2.24, 2.45) is 0 Å². The maximum absolute atomic E-state index is 12.7. The lowest BCUT2D eigenvalue weighted by Gasteiger charge is -2.25. The molecule has 3 atom stereocenters. The standard InChI is InChI=1S/C37H71N2O6P/c1-6-8-10-12-14-16-18-19-20-21-22-24-26-28-30-36(40)35(34-45-46(42,43)44-33-32-39(3,4)5)38-37(41)31-29-27-25-23-17-15-13-11-9-7-2/h16,18,21-22,28,30,35-36,40H,6-15,17,19-20,23-27,29,31-34H2,1-5H3,(H-,38,41,42,43)/p+1/b18-16+,22-21+,30-28+. The number of nitrogens with zero attached hydrogens (tertiary/aromatic N) is 1. The molecular weight excluding hydrogens is 599 g/mol. The van der Waals surface area contributed by atoms with Gasteiger partial charge in [0.2, 0.25) is 5.91 Å². The number of phosphoric ester groups is 1. The van der Waals surface area contributed by atoms with E-state index in [0.717, 1.165) is 44.9 Å². The molecule has 0 aliphatic rings. The lowest BCUT2D eigenvalue weighted by Crippen LogP contribution is -2.45. The summed E-state index contributed by atoms with van der Waals surface area (Å²) >= 11 is 0. The molecule has 3 unspecified atom stereocenters. The van der Waals surface area contributed by atoms with Crippen LogP contribution in [0.15, 0.2) is 36.5 Å². The minimum atomic E-state index is -4.33. The summed E-state index contributed by atoms with van der Waals surface area (Å²) in [5.74, 6) is -0.197. The third kappa shape index (κ3) is 31.3. The number of aliphatic hydroxyl groups is 1. The zero-order valence-corrected chi connectivity index (χ0v) is 31.2. The first-order valence-corrected chi connectivity index (χ1v) is 19.9. The topological polar surface area (TPSA) is 105 Å². The highest BCUT2D eigenvalue weighted by Crippen LogP contribution is 2.43. The Hall–Kier alpha value is -1.28. The van der Waals surface area contributed by atoms with Gasteiger partial charge in [-0.05, 0) is 44.9 Å². The van der Waals surface area contributed by atoms with Crippen LogP contribution in [0.2, 0.25) is 0 Å². The van der Waals surface area contributed by atoms with Crippen molar-refractivity contribution < 1.29 is 32.9 Å². The van der Waals surface area contributed by atoms with E-state index in [4.69, 9.17) is 9.05 Å². The molecule has 9 heteroatoms. The van der Waals surface area contributed by atoms with Crippen molar-refractivity contribution in [3.63, 3.8) is 0 Å². The minimum Gasteiger partial charge on any atom is -0.387 e. The Morgan fingerprint density at radius 2 is 1.20 bits per heavy atom. The molecule has 1 amide bonds. The summed E-state index contributed by atoms with van der Waals surface area (Å²) in [4.78, 5) is 22.9. The average molecular weight is 672 g/mol. The van der Waals surface area contributed by atoms with Crippen LogP contribution < -0.4 is 5.32 Å². The van der Waals surface area contributed by atoms with Gasteiger partial charge in [0.15, 0.2) is 0 Å². The zero-order valence-electron chi connectivity index (χ0n) is 30.3. The van der Waals surface area contributed by atoms with Crippen molar-refractivity contribution in [2.75, 3.05) is 40.9 Å². The fourth-order valence-corrected chi connectivity index (χ4v) is 5.57. The molecule has 0 aliphatic carbocycles. The molecule has 0 rings (SSSR count). The third-order valence-corrected chi connectivity index (χ3v) is 8.82. The number of carbonyl (C=O) groups is 1. The van der Waals surface area contributed by atoms with Crippen LogP contribution in [-0.4, -0.2) is 73.4 Å². The van der Waals surface area contributed by atoms with E-state index in [1.54, 1.807) is 6.08 Å². The largest absolute Gasteiger partial charge is 0.472 e. The van der Waals surface area contributed by atoms with Gasteiger partial charge >= 0.3 is 7.82 Å². The quantitative estimate of drug-likeness (QED) is 0.0285. The van der Waals surface area contributed by atoms with Crippen LogP contribution in [-0.2, 0) is 18.4 Å². The first-order valence-electron chi connectivity index (χ1n) is 18.4. The SMILES string of the molecule is CCCCCC/C=C/CC/C=C/CC/C=C/C(O)C(COP(=O)(O)OCC[N+](C)(C)C)NC(=O)CCCCCCCCCCCC. The van der Waals surface area contributed by atoms with Gasteiger partial charge in [-0.25, -0.2) is 4.57 Å². The van der Waals surface area contributed by atoms with Gasteiger partial charge in [-0.2, -0.15) is 0 Å². The lowest BCUT2D eigenvalue weighted by molar-refractivity contribution is -0.870. The highest BCUT2D eigenvalue weighted by atomic mass is 31.2. The van der Waals surface area contributed by atoms with Gasteiger partial charge in [0.1, 0.15) is 13.2 Å². The van der Waals surface area contributed by atoms with Gasteiger partial charge in [0.05, 0.1) is 39.9 Å². The van der Waals surface area contributed by atoms with E-state index in [9.17, 15) is 19.4 Å². The van der Waals surface area contributed by atoms with Crippen molar-refractivity contribution >= 4 is 13.7 Å². The van der Waals surface area contributed by atoms with Crippen molar-refractivity contribution in [1.82, 2.24) is 5.32 Å². The van der Waals surface area contributed by atoms with Crippen LogP contribution in [0.25, 0.3) is 0 Å². The molecule has 0 aromatic rings. The Morgan fingerprint density at radius 3 is 1.74 bits per heavy atom. The molecule has 3 N–H and O–H groups in total. The van der Waals surface area contributed by atoms with Gasteiger partial charge in [-0.1, -0.05) is 127 Å². The number of carbonyl (C=O) groups excluding carboxylic acids is 1. The summed E-state index contributed by atoms with van der Waals surface area (Å²) < 4.78 is 23.4. The summed E-state index contributed by atoms with van der Waals surface area (Å²) in [5, 5.41) is 13.7. The normalized spacial score (nSPS) is 15.2. The molecule has 8 nitrogen and oxygen atoms in total. The summed E-state index contributed by atoms with van der Waals surface area (Å²) in [7, 11) is 1.54. The fourth-order valence-electron chi connectivity index (χ4n) is 4.83. The number of aliphatic hydroxyl groups excluding tert-OH is 1. The van der Waals surface area contributed by atoms with E-state index in [1.807, 2.05) is 27.2 Å². The molecule has 0 saturated heterocycles. The van der Waals surface area contributed by atoms with E-state index >= 15 is 0 Å². The number of likely N-dealkylation sites (N-methyl/N-ethyl adjacent to an activating group) is 1. The lowest BCUT2D eigenvalue weighted by atomic mass is 10.1. The van der Waals surface area contributed by atoms with Gasteiger partial charge in [0, 0.05) is 6.42 Å². The number of hydrogen-bond acceptors (Lipinski definition) is 5. The van der Waals surface area contributed by atoms with Crippen molar-refractivity contribution in [1.29, 1.82) is 0 Å². The summed E-state index contributed by atoms with van der Waals surface area (Å²) in [6.07, 6.45) is 33.5. The second kappa shape index (κ2) is 29.8. The van der Waals surface area contributed by atoms with Crippen molar-refractivity contribution in [3.05, 3.63) is 36.5 Å². The average Bonchev–Trinajstić information content (AvgIpc) is 2.99. The van der Waals surface area contributed by atoms with E-state index in [2.05, 4.69) is 43.5 Å². The van der Waals surface area contributed by atoms with Gasteiger partial charge in [0.25, 0.3) is 0 Å². The Bertz CT molecular complexity index is 855. The smallest absolute Gasteiger partial charge is 0.387 e. The van der Waals surface area contributed by atoms with Gasteiger partial charge in [-0.3, -0.25) is 13.8 Å². The van der Waals surface area contributed by atoms with E-state index in [0.29, 0.717) is 17.4 Å². The Kier molecular flexibility index (Phi) is 29.0. The number of rotatable bonds is 32. The number of hydrogen-bond donors (Lipinski definition) is 3. The molecule has 0 bridgehead atoms. The van der Waals surface area contributed by atoms with Crippen molar-refractivity contribution in [2.45, 2.75) is 154 Å². The number of quaternary nitrogens is 1. The molecule has 0 fully saturated rings. The van der Waals surface area contributed by atoms with Crippen LogP contribution in [0.4, 0.5) is 0 Å². The first kappa shape index (κ1) is 44.7. The molecule has 0 aromatic heterocycles. The number of nitrogens with one attached hydrogen (secondary N) is 1. The van der Waals surface area contributed by atoms with Crippen LogP contribution in [0.5, 0.6) is 0 Å². The monoisotopic (exact) mass is 672 g/mol. The predicted molar refractivity (Wildman–Crippen MR) is 194 cm³/mol. The van der Waals surface area contributed by atoms with Gasteiger partial charge < -0.3 is 19.8 Å². The molecule has 46 heavy (non-hydrogen) atoms. The van der Waals surface area contributed by atoms with E-state index < -0.39 is 20.0 Å². The maximum Gasteiger partial charge on any atom is 0.472 e. The summed E-state index contributed by atoms with van der Waals surface area (Å²) in [5.41, 5.74) is 0. The highest BCUT2D eigenvalue weighted by Gasteiger charge is 2.27. The molecular formula is C37H72N2O6P+. The second-order valence-electron chi connectivity index (χ2n) is 13.6. The second-order valence-corrected chi connectivity index (χ2v) is 15.0. The zero-order chi connectivity index (χ0) is 34.4. The number of phosphoric acid groups is 1. The van der Waals surface area contributed by atoms with E-state index in [1.165, 1.54) is 77.0 Å². The molecule has 0 aromatic carbocycles. The third-order valence-electron chi connectivity index (χ3n) is 7.84. The number of unbranched alkanes of at least 4 members (excludes halogenated alkanes) is 15. The minimum absolute atomic E-state index is 0.0539. The van der Waals surface area contributed by atoms with Crippen molar-refractivity contribution in [3.8, 4) is 0 Å². The molecule has 0 saturated carbocycles. The summed E-state index contributed by atoms with van der Waals surface area (Å²) in [6, 6.07) is -0.862. The summed E-state index contributed by atoms with van der Waals surface area (Å²) in [6.45, 7) is 4.71. The molecule has 0 aliphatic heterocycles. The molecule has 0 heterocycles. The Balaban J connectivity index is 4.66. The fraction of sp³-hybridized carbons (Fsp3) is 0.811. The van der Waals surface area contributed by atoms with E-state index in [-0.39, 0.29) is 19.1 Å². The van der Waals surface area contributed by atoms with Crippen LogP contribution in [0, 0.1) is 0 Å². The molecule has 0 radical (unpaired) electrons. The van der Waals surface area contributed by atoms with Crippen LogP contribution in [0.1, 0.15) is 142 Å². The van der Waals surface area contributed by atoms with Crippen LogP contribution in [0.3, 0.4) is 0 Å². The first-order chi connectivity index (χ1) is 22.0. The maximum atomic E-state index is 12.7. The molecule has 0 spiro atoms.